The van der Waals surface area contributed by atoms with E-state index >= 15 is 0 Å². The minimum atomic E-state index is 0. The second-order valence-corrected chi connectivity index (χ2v) is 4.31. The molecular formula is C20H24F4N4. The van der Waals surface area contributed by atoms with Gasteiger partial charge in [0.25, 0.3) is 0 Å². The zero-order valence-corrected chi connectivity index (χ0v) is 15.1. The smallest absolute Gasteiger partial charge is 0.166 e. The van der Waals surface area contributed by atoms with Gasteiger partial charge in [-0.05, 0) is 0 Å². The third-order valence-corrected chi connectivity index (χ3v) is 2.43. The van der Waals surface area contributed by atoms with Gasteiger partial charge in [-0.25, -0.2) is 19.9 Å². The first-order valence-corrected chi connectivity index (χ1v) is 7.64. The number of pyridine rings is 4. The molecule has 0 unspecified atom stereocenters. The van der Waals surface area contributed by atoms with Crippen molar-refractivity contribution in [2.24, 2.45) is 0 Å². The number of hydrogen-bond acceptors (Lipinski definition) is 0. The van der Waals surface area contributed by atoms with Gasteiger partial charge in [0.15, 0.2) is 49.6 Å². The summed E-state index contributed by atoms with van der Waals surface area (Å²) in [6.07, 6.45) is 15.0. The van der Waals surface area contributed by atoms with Crippen LogP contribution in [0, 0.1) is 0 Å². The van der Waals surface area contributed by atoms with Gasteiger partial charge in [-0.3, -0.25) is 0 Å². The SMILES string of the molecule is [F-].[F-].[F-].[F-].c1cc[nH+]cc1.c1cc[nH+]cc1.c1cc[nH+]cc1.c1cc[nH+]cc1. The Kier molecular flexibility index (Phi) is 32.2. The molecule has 8 heteroatoms. The lowest BCUT2D eigenvalue weighted by Gasteiger charge is -1.63. The molecule has 0 saturated carbocycles. The molecule has 0 aliphatic carbocycles. The van der Waals surface area contributed by atoms with Crippen LogP contribution in [-0.4, -0.2) is 0 Å². The van der Waals surface area contributed by atoms with Crippen molar-refractivity contribution >= 4 is 0 Å². The summed E-state index contributed by atoms with van der Waals surface area (Å²) in [6, 6.07) is 23.4. The van der Waals surface area contributed by atoms with Crippen molar-refractivity contribution in [1.29, 1.82) is 0 Å². The average Bonchev–Trinajstić information content (AvgIpc) is 2.75. The first kappa shape index (κ1) is 32.0. The van der Waals surface area contributed by atoms with E-state index in [1.165, 1.54) is 0 Å². The molecule has 0 aromatic carbocycles. The Morgan fingerprint density at radius 2 is 0.357 bits per heavy atom. The topological polar surface area (TPSA) is 56.6 Å². The van der Waals surface area contributed by atoms with Crippen LogP contribution in [0.4, 0.5) is 0 Å². The second-order valence-electron chi connectivity index (χ2n) is 4.31. The van der Waals surface area contributed by atoms with Crippen LogP contribution in [0.15, 0.2) is 122 Å². The average molecular weight is 396 g/mol. The van der Waals surface area contributed by atoms with Crippen molar-refractivity contribution in [2.45, 2.75) is 0 Å². The van der Waals surface area contributed by atoms with E-state index in [-0.39, 0.29) is 18.8 Å². The summed E-state index contributed by atoms with van der Waals surface area (Å²) in [5.74, 6) is 0. The fourth-order valence-corrected chi connectivity index (χ4v) is 1.37. The third-order valence-electron chi connectivity index (χ3n) is 2.43. The fourth-order valence-electron chi connectivity index (χ4n) is 1.37. The highest BCUT2D eigenvalue weighted by molar-refractivity contribution is 4.84. The monoisotopic (exact) mass is 396 g/mol. The molecule has 4 heterocycles. The van der Waals surface area contributed by atoms with Gasteiger partial charge in [0, 0.05) is 48.5 Å². The molecule has 4 rings (SSSR count). The lowest BCUT2D eigenvalue weighted by Crippen LogP contribution is -3.00. The quantitative estimate of drug-likeness (QED) is 0.265. The lowest BCUT2D eigenvalue weighted by atomic mass is 10.5. The van der Waals surface area contributed by atoms with Crippen molar-refractivity contribution in [1.82, 2.24) is 0 Å². The first-order valence-electron chi connectivity index (χ1n) is 7.64. The normalized spacial score (nSPS) is 6.86. The van der Waals surface area contributed by atoms with Crippen LogP contribution in [0.1, 0.15) is 0 Å². The number of halogens is 4. The molecule has 4 N–H and O–H groups in total. The largest absolute Gasteiger partial charge is 1.00 e. The van der Waals surface area contributed by atoms with Crippen molar-refractivity contribution in [3.63, 3.8) is 0 Å². The molecule has 4 nitrogen and oxygen atoms in total. The molecule has 0 spiro atoms. The standard InChI is InChI=1S/4C5H5N.4FH/c4*1-2-4-6-5-3-1;;;;/h4*1-5H;4*1H. The third kappa shape index (κ3) is 24.6. The zero-order valence-electron chi connectivity index (χ0n) is 15.1. The maximum Gasteiger partial charge on any atom is 0.166 e. The molecule has 0 fully saturated rings. The number of aromatic amines is 4. The van der Waals surface area contributed by atoms with Gasteiger partial charge in [-0.1, -0.05) is 24.3 Å². The van der Waals surface area contributed by atoms with Gasteiger partial charge in [-0.2, -0.15) is 0 Å². The van der Waals surface area contributed by atoms with E-state index in [0.29, 0.717) is 0 Å². The number of nitrogens with one attached hydrogen (secondary N) is 4. The molecule has 0 aliphatic heterocycles. The van der Waals surface area contributed by atoms with Gasteiger partial charge in [0.05, 0.1) is 0 Å². The van der Waals surface area contributed by atoms with E-state index in [4.69, 9.17) is 0 Å². The summed E-state index contributed by atoms with van der Waals surface area (Å²) >= 11 is 0. The highest BCUT2D eigenvalue weighted by atomic mass is 19.0. The molecule has 152 valence electrons. The summed E-state index contributed by atoms with van der Waals surface area (Å²) in [7, 11) is 0. The maximum absolute atomic E-state index is 2.89. The highest BCUT2D eigenvalue weighted by Crippen LogP contribution is 1.70. The van der Waals surface area contributed by atoms with Crippen LogP contribution in [0.25, 0.3) is 0 Å². The maximum atomic E-state index is 2.89. The van der Waals surface area contributed by atoms with Gasteiger partial charge in [0.1, 0.15) is 0 Å². The summed E-state index contributed by atoms with van der Waals surface area (Å²) in [5, 5.41) is 0. The summed E-state index contributed by atoms with van der Waals surface area (Å²) in [6.45, 7) is 0. The van der Waals surface area contributed by atoms with E-state index in [9.17, 15) is 0 Å². The summed E-state index contributed by atoms with van der Waals surface area (Å²) in [5.41, 5.74) is 0. The number of aromatic nitrogens is 4. The Hall–Kier alpha value is -3.68. The van der Waals surface area contributed by atoms with E-state index in [1.807, 2.05) is 122 Å². The molecule has 0 aliphatic rings. The minimum Gasteiger partial charge on any atom is -1.00 e. The van der Waals surface area contributed by atoms with E-state index in [2.05, 4.69) is 19.9 Å². The van der Waals surface area contributed by atoms with Crippen LogP contribution in [0.3, 0.4) is 0 Å². The van der Waals surface area contributed by atoms with E-state index < -0.39 is 0 Å². The summed E-state index contributed by atoms with van der Waals surface area (Å²) in [4.78, 5) is 11.6. The molecule has 28 heavy (non-hydrogen) atoms. The predicted molar refractivity (Wildman–Crippen MR) is 92.0 cm³/mol. The Morgan fingerprint density at radius 1 is 0.214 bits per heavy atom. The highest BCUT2D eigenvalue weighted by Gasteiger charge is 1.67. The molecular weight excluding hydrogens is 372 g/mol. The molecule has 4 aromatic heterocycles. The van der Waals surface area contributed by atoms with E-state index in [0.717, 1.165) is 0 Å². The van der Waals surface area contributed by atoms with E-state index in [1.54, 1.807) is 0 Å². The lowest BCUT2D eigenvalue weighted by molar-refractivity contribution is -0.378. The Bertz CT molecular complexity index is 446. The van der Waals surface area contributed by atoms with Crippen LogP contribution < -0.4 is 38.8 Å². The van der Waals surface area contributed by atoms with Crippen molar-refractivity contribution < 1.29 is 38.8 Å². The van der Waals surface area contributed by atoms with Crippen molar-refractivity contribution in [2.75, 3.05) is 0 Å². The molecule has 0 saturated heterocycles. The van der Waals surface area contributed by atoms with Crippen molar-refractivity contribution in [3.8, 4) is 0 Å². The van der Waals surface area contributed by atoms with Crippen LogP contribution in [0.2, 0.25) is 0 Å². The van der Waals surface area contributed by atoms with Crippen LogP contribution in [0.5, 0.6) is 0 Å². The predicted octanol–water partition coefficient (Wildman–Crippen LogP) is -9.98. The van der Waals surface area contributed by atoms with Crippen LogP contribution >= 0.6 is 0 Å². The molecule has 0 atom stereocenters. The Balaban J connectivity index is -0.000000131. The number of H-pyrrole nitrogens is 4. The molecule has 0 amide bonds. The van der Waals surface area contributed by atoms with Crippen molar-refractivity contribution in [3.05, 3.63) is 122 Å². The van der Waals surface area contributed by atoms with Crippen LogP contribution in [-0.2, 0) is 0 Å². The summed E-state index contributed by atoms with van der Waals surface area (Å²) < 4.78 is 0. The Morgan fingerprint density at radius 3 is 0.393 bits per heavy atom. The van der Waals surface area contributed by atoms with Gasteiger partial charge < -0.3 is 18.8 Å². The first-order chi connectivity index (χ1) is 12.0. The molecule has 0 radical (unpaired) electrons. The van der Waals surface area contributed by atoms with Gasteiger partial charge in [0.2, 0.25) is 0 Å². The Labute approximate surface area is 161 Å². The second kappa shape index (κ2) is 28.1. The van der Waals surface area contributed by atoms with Gasteiger partial charge >= 0.3 is 0 Å². The zero-order chi connectivity index (χ0) is 17.0. The fraction of sp³-hybridized carbons (Fsp3) is 0. The minimum absolute atomic E-state index is 0. The molecule has 0 bridgehead atoms. The molecule has 4 aromatic rings. The van der Waals surface area contributed by atoms with Gasteiger partial charge in [-0.15, -0.1) is 0 Å². The number of rotatable bonds is 0. The number of hydrogen-bond donors (Lipinski definition) is 0.